The molecule has 0 aliphatic heterocycles. The van der Waals surface area contributed by atoms with Crippen molar-refractivity contribution in [3.8, 4) is 11.3 Å². The van der Waals surface area contributed by atoms with Crippen molar-refractivity contribution in [1.29, 1.82) is 0 Å². The van der Waals surface area contributed by atoms with Crippen molar-refractivity contribution in [2.45, 2.75) is 0 Å². The number of fused-ring (bicyclic) bond motifs is 1. The summed E-state index contributed by atoms with van der Waals surface area (Å²) < 4.78 is 19.3. The van der Waals surface area contributed by atoms with Gasteiger partial charge in [-0.1, -0.05) is 23.4 Å². The molecule has 17 heavy (non-hydrogen) atoms. The average Bonchev–Trinajstić information content (AvgIpc) is 2.74. The van der Waals surface area contributed by atoms with Crippen LogP contribution in [0.4, 0.5) is 4.39 Å². The molecule has 0 atom stereocenters. The zero-order valence-corrected chi connectivity index (χ0v) is 10.2. The third-order valence-corrected chi connectivity index (χ3v) is 3.17. The molecule has 84 valence electrons. The van der Waals surface area contributed by atoms with Crippen molar-refractivity contribution < 1.29 is 8.91 Å². The van der Waals surface area contributed by atoms with Gasteiger partial charge >= 0.3 is 0 Å². The summed E-state index contributed by atoms with van der Waals surface area (Å²) in [5.41, 5.74) is 2.04. The molecule has 3 rings (SSSR count). The van der Waals surface area contributed by atoms with Crippen molar-refractivity contribution in [3.05, 3.63) is 52.8 Å². The second-order valence-electron chi connectivity index (χ2n) is 3.66. The Morgan fingerprint density at radius 1 is 1.12 bits per heavy atom. The monoisotopic (exact) mass is 291 g/mol. The zero-order valence-electron chi connectivity index (χ0n) is 8.65. The molecule has 0 N–H and O–H groups in total. The molecule has 0 aliphatic carbocycles. The van der Waals surface area contributed by atoms with Gasteiger partial charge in [0.05, 0.1) is 9.86 Å². The number of para-hydroxylation sites is 1. The van der Waals surface area contributed by atoms with Crippen LogP contribution in [-0.4, -0.2) is 5.16 Å². The van der Waals surface area contributed by atoms with E-state index in [0.29, 0.717) is 16.8 Å². The number of hydrogen-bond acceptors (Lipinski definition) is 2. The predicted octanol–water partition coefficient (Wildman–Crippen LogP) is 4.40. The van der Waals surface area contributed by atoms with Gasteiger partial charge in [0.1, 0.15) is 11.5 Å². The summed E-state index contributed by atoms with van der Waals surface area (Å²) in [4.78, 5) is 0. The number of halogens is 2. The Morgan fingerprint density at radius 3 is 2.76 bits per heavy atom. The van der Waals surface area contributed by atoms with Crippen LogP contribution in [0.1, 0.15) is 0 Å². The highest BCUT2D eigenvalue weighted by atomic mass is 79.9. The Hall–Kier alpha value is -1.68. The van der Waals surface area contributed by atoms with Gasteiger partial charge < -0.3 is 4.52 Å². The molecule has 2 nitrogen and oxygen atoms in total. The van der Waals surface area contributed by atoms with Gasteiger partial charge in [-0.15, -0.1) is 0 Å². The molecular weight excluding hydrogens is 285 g/mol. The van der Waals surface area contributed by atoms with E-state index in [2.05, 4.69) is 21.1 Å². The Morgan fingerprint density at radius 2 is 1.94 bits per heavy atom. The first-order chi connectivity index (χ1) is 8.25. The second kappa shape index (κ2) is 3.96. The molecule has 0 bridgehead atoms. The van der Waals surface area contributed by atoms with E-state index in [1.807, 2.05) is 18.2 Å². The number of aromatic nitrogens is 1. The first-order valence-electron chi connectivity index (χ1n) is 5.05. The van der Waals surface area contributed by atoms with Crippen LogP contribution < -0.4 is 0 Å². The van der Waals surface area contributed by atoms with E-state index in [0.717, 1.165) is 9.86 Å². The smallest absolute Gasteiger partial charge is 0.181 e. The van der Waals surface area contributed by atoms with E-state index in [4.69, 9.17) is 4.52 Å². The first kappa shape index (κ1) is 10.5. The van der Waals surface area contributed by atoms with Crippen molar-refractivity contribution in [1.82, 2.24) is 5.16 Å². The molecule has 0 unspecified atom stereocenters. The molecule has 2 aromatic carbocycles. The van der Waals surface area contributed by atoms with Gasteiger partial charge in [-0.05, 0) is 40.2 Å². The first-order valence-corrected chi connectivity index (χ1v) is 5.85. The van der Waals surface area contributed by atoms with Gasteiger partial charge in [0.15, 0.2) is 5.58 Å². The van der Waals surface area contributed by atoms with Crippen LogP contribution >= 0.6 is 15.9 Å². The fourth-order valence-electron chi connectivity index (χ4n) is 1.77. The topological polar surface area (TPSA) is 26.0 Å². The van der Waals surface area contributed by atoms with Crippen LogP contribution in [0.25, 0.3) is 22.2 Å². The van der Waals surface area contributed by atoms with Crippen LogP contribution in [0.3, 0.4) is 0 Å². The Balaban J connectivity index is 2.28. The lowest BCUT2D eigenvalue weighted by Crippen LogP contribution is -1.80. The summed E-state index contributed by atoms with van der Waals surface area (Å²) in [5.74, 6) is -0.284. The molecule has 0 spiro atoms. The molecule has 0 aliphatic rings. The molecule has 0 radical (unpaired) electrons. The van der Waals surface area contributed by atoms with Crippen molar-refractivity contribution in [3.63, 3.8) is 0 Å². The van der Waals surface area contributed by atoms with Crippen molar-refractivity contribution in [2.24, 2.45) is 0 Å². The number of benzene rings is 2. The van der Waals surface area contributed by atoms with Gasteiger partial charge in [0, 0.05) is 5.56 Å². The average molecular weight is 292 g/mol. The summed E-state index contributed by atoms with van der Waals surface area (Å²) in [7, 11) is 0. The van der Waals surface area contributed by atoms with E-state index >= 15 is 0 Å². The van der Waals surface area contributed by atoms with E-state index in [1.165, 1.54) is 12.1 Å². The molecule has 0 fully saturated rings. The van der Waals surface area contributed by atoms with Gasteiger partial charge in [0.2, 0.25) is 0 Å². The zero-order chi connectivity index (χ0) is 11.8. The van der Waals surface area contributed by atoms with Crippen LogP contribution in [0.15, 0.2) is 51.5 Å². The lowest BCUT2D eigenvalue weighted by Gasteiger charge is -1.96. The highest BCUT2D eigenvalue weighted by Gasteiger charge is 2.12. The molecule has 4 heteroatoms. The molecule has 3 aromatic rings. The second-order valence-corrected chi connectivity index (χ2v) is 4.51. The summed E-state index contributed by atoms with van der Waals surface area (Å²) in [6, 6.07) is 12.0. The minimum absolute atomic E-state index is 0.284. The molecule has 1 heterocycles. The summed E-state index contributed by atoms with van der Waals surface area (Å²) in [6.45, 7) is 0. The Labute approximate surface area is 105 Å². The summed E-state index contributed by atoms with van der Waals surface area (Å²) in [6.07, 6.45) is 0. The largest absolute Gasteiger partial charge is 0.354 e. The van der Waals surface area contributed by atoms with E-state index in [1.54, 1.807) is 12.1 Å². The van der Waals surface area contributed by atoms with Gasteiger partial charge in [-0.25, -0.2) is 4.39 Å². The maximum absolute atomic E-state index is 13.2. The predicted molar refractivity (Wildman–Crippen MR) is 67.1 cm³/mol. The van der Waals surface area contributed by atoms with Crippen LogP contribution in [-0.2, 0) is 0 Å². The Kier molecular flexibility index (Phi) is 2.44. The quantitative estimate of drug-likeness (QED) is 0.664. The van der Waals surface area contributed by atoms with Gasteiger partial charge in [-0.3, -0.25) is 0 Å². The summed E-state index contributed by atoms with van der Waals surface area (Å²) >= 11 is 3.39. The lowest BCUT2D eigenvalue weighted by molar-refractivity contribution is 0.458. The molecule has 0 saturated carbocycles. The van der Waals surface area contributed by atoms with Crippen molar-refractivity contribution >= 4 is 26.9 Å². The number of rotatable bonds is 1. The van der Waals surface area contributed by atoms with Gasteiger partial charge in [-0.2, -0.15) is 0 Å². The maximum atomic E-state index is 13.2. The molecular formula is C13H7BrFNO. The van der Waals surface area contributed by atoms with Crippen LogP contribution in [0, 0.1) is 5.82 Å². The fraction of sp³-hybridized carbons (Fsp3) is 0. The molecule has 0 amide bonds. The van der Waals surface area contributed by atoms with E-state index in [-0.39, 0.29) is 5.82 Å². The normalized spacial score (nSPS) is 10.9. The SMILES string of the molecule is Fc1cccc(-c2noc3c(Br)cccc23)c1. The van der Waals surface area contributed by atoms with E-state index in [9.17, 15) is 4.39 Å². The minimum atomic E-state index is -0.284. The van der Waals surface area contributed by atoms with E-state index < -0.39 is 0 Å². The summed E-state index contributed by atoms with van der Waals surface area (Å²) in [5, 5.41) is 4.86. The highest BCUT2D eigenvalue weighted by Crippen LogP contribution is 2.32. The number of nitrogens with zero attached hydrogens (tertiary/aromatic N) is 1. The van der Waals surface area contributed by atoms with Gasteiger partial charge in [0.25, 0.3) is 0 Å². The maximum Gasteiger partial charge on any atom is 0.181 e. The third-order valence-electron chi connectivity index (χ3n) is 2.55. The van der Waals surface area contributed by atoms with Crippen LogP contribution in [0.5, 0.6) is 0 Å². The lowest BCUT2D eigenvalue weighted by atomic mass is 10.1. The minimum Gasteiger partial charge on any atom is -0.354 e. The molecule has 1 aromatic heterocycles. The Bertz CT molecular complexity index is 693. The fourth-order valence-corrected chi connectivity index (χ4v) is 2.21. The van der Waals surface area contributed by atoms with Crippen LogP contribution in [0.2, 0.25) is 0 Å². The standard InChI is InChI=1S/C13H7BrFNO/c14-11-6-2-5-10-12(16-17-13(10)11)8-3-1-4-9(15)7-8/h1-7H. The number of hydrogen-bond donors (Lipinski definition) is 0. The highest BCUT2D eigenvalue weighted by molar-refractivity contribution is 9.10. The third kappa shape index (κ3) is 1.74. The van der Waals surface area contributed by atoms with Crippen molar-refractivity contribution in [2.75, 3.05) is 0 Å². The molecule has 0 saturated heterocycles.